The fraction of sp³-hybridized carbons (Fsp3) is 0.440. The summed E-state index contributed by atoms with van der Waals surface area (Å²) >= 11 is 0. The Kier molecular flexibility index (Phi) is 6.91. The van der Waals surface area contributed by atoms with E-state index in [2.05, 4.69) is 15.4 Å². The number of hydrogen-bond donors (Lipinski definition) is 1. The van der Waals surface area contributed by atoms with E-state index < -0.39 is 0 Å². The van der Waals surface area contributed by atoms with E-state index in [4.69, 9.17) is 4.52 Å². The number of amides is 2. The second-order valence-corrected chi connectivity index (χ2v) is 8.80. The second-order valence-electron chi connectivity index (χ2n) is 8.80. The van der Waals surface area contributed by atoms with Crippen molar-refractivity contribution in [1.29, 1.82) is 0 Å². The Morgan fingerprint density at radius 3 is 2.58 bits per heavy atom. The van der Waals surface area contributed by atoms with Crippen molar-refractivity contribution in [3.63, 3.8) is 0 Å². The number of rotatable bonds is 7. The molecule has 1 saturated heterocycles. The summed E-state index contributed by atoms with van der Waals surface area (Å²) in [6.45, 7) is 5.69. The van der Waals surface area contributed by atoms with Crippen LogP contribution in [0.1, 0.15) is 63.8 Å². The van der Waals surface area contributed by atoms with Gasteiger partial charge in [0.1, 0.15) is 5.76 Å². The summed E-state index contributed by atoms with van der Waals surface area (Å²) in [6.07, 6.45) is 4.34. The molecule has 0 spiro atoms. The summed E-state index contributed by atoms with van der Waals surface area (Å²) in [7, 11) is 1.81. The first-order chi connectivity index (χ1) is 15.9. The molecule has 174 valence electrons. The van der Waals surface area contributed by atoms with Crippen LogP contribution in [0.5, 0.6) is 0 Å². The SMILES string of the molecule is Cc1noc(C)c1CCC(=O)N1CCC(c2[nH]ncc2C(=O)N(C)Cc2ccccc2)CC1. The summed E-state index contributed by atoms with van der Waals surface area (Å²) in [5, 5.41) is 11.2. The van der Waals surface area contributed by atoms with Gasteiger partial charge in [0.15, 0.2) is 0 Å². The highest BCUT2D eigenvalue weighted by atomic mass is 16.5. The minimum absolute atomic E-state index is 0.0411. The molecule has 0 aliphatic carbocycles. The van der Waals surface area contributed by atoms with Gasteiger partial charge in [-0.3, -0.25) is 14.7 Å². The molecule has 1 aliphatic heterocycles. The maximum atomic E-state index is 13.1. The molecule has 1 N–H and O–H groups in total. The molecule has 4 rings (SSSR count). The van der Waals surface area contributed by atoms with E-state index >= 15 is 0 Å². The Morgan fingerprint density at radius 2 is 1.91 bits per heavy atom. The first kappa shape index (κ1) is 22.8. The zero-order valence-corrected chi connectivity index (χ0v) is 19.5. The van der Waals surface area contributed by atoms with Crippen LogP contribution in [0.25, 0.3) is 0 Å². The molecule has 1 fully saturated rings. The average molecular weight is 450 g/mol. The number of likely N-dealkylation sites (tertiary alicyclic amines) is 1. The van der Waals surface area contributed by atoms with Crippen LogP contribution >= 0.6 is 0 Å². The zero-order valence-electron chi connectivity index (χ0n) is 19.5. The van der Waals surface area contributed by atoms with E-state index in [1.54, 1.807) is 11.1 Å². The molecule has 3 heterocycles. The zero-order chi connectivity index (χ0) is 23.4. The van der Waals surface area contributed by atoms with E-state index in [1.807, 2.05) is 56.1 Å². The molecule has 1 aliphatic rings. The van der Waals surface area contributed by atoms with Crippen molar-refractivity contribution in [2.75, 3.05) is 20.1 Å². The summed E-state index contributed by atoms with van der Waals surface area (Å²) in [4.78, 5) is 29.5. The van der Waals surface area contributed by atoms with E-state index in [0.29, 0.717) is 38.0 Å². The molecule has 3 aromatic rings. The van der Waals surface area contributed by atoms with Crippen molar-refractivity contribution in [3.05, 3.63) is 70.4 Å². The van der Waals surface area contributed by atoms with Gasteiger partial charge in [0.25, 0.3) is 5.91 Å². The highest BCUT2D eigenvalue weighted by molar-refractivity contribution is 5.95. The van der Waals surface area contributed by atoms with Gasteiger partial charge in [-0.15, -0.1) is 0 Å². The van der Waals surface area contributed by atoms with Crippen LogP contribution < -0.4 is 0 Å². The Morgan fingerprint density at radius 1 is 1.18 bits per heavy atom. The van der Waals surface area contributed by atoms with Crippen LogP contribution in [0.15, 0.2) is 41.1 Å². The number of hydrogen-bond acceptors (Lipinski definition) is 5. The van der Waals surface area contributed by atoms with Crippen molar-refractivity contribution >= 4 is 11.8 Å². The van der Waals surface area contributed by atoms with E-state index in [9.17, 15) is 9.59 Å². The first-order valence-electron chi connectivity index (χ1n) is 11.5. The molecular formula is C25H31N5O3. The Labute approximate surface area is 193 Å². The third-order valence-corrected chi connectivity index (χ3v) is 6.53. The predicted octanol–water partition coefficient (Wildman–Crippen LogP) is 3.63. The quantitative estimate of drug-likeness (QED) is 0.594. The van der Waals surface area contributed by atoms with Crippen LogP contribution in [-0.4, -0.2) is 57.1 Å². The molecule has 0 saturated carbocycles. The molecule has 0 atom stereocenters. The molecule has 2 aromatic heterocycles. The molecule has 1 aromatic carbocycles. The normalized spacial score (nSPS) is 14.5. The molecule has 8 heteroatoms. The lowest BCUT2D eigenvalue weighted by molar-refractivity contribution is -0.132. The number of carbonyl (C=O) groups excluding carboxylic acids is 2. The Balaban J connectivity index is 1.32. The lowest BCUT2D eigenvalue weighted by atomic mass is 9.90. The molecule has 0 radical (unpaired) electrons. The fourth-order valence-corrected chi connectivity index (χ4v) is 4.58. The van der Waals surface area contributed by atoms with Crippen molar-refractivity contribution in [2.24, 2.45) is 0 Å². The van der Waals surface area contributed by atoms with Gasteiger partial charge in [-0.05, 0) is 38.7 Å². The number of piperidine rings is 1. The average Bonchev–Trinajstić information content (AvgIpc) is 3.44. The van der Waals surface area contributed by atoms with Gasteiger partial charge in [0.2, 0.25) is 5.91 Å². The van der Waals surface area contributed by atoms with Crippen LogP contribution in [0.2, 0.25) is 0 Å². The standard InChI is InChI=1S/C25H31N5O3/c1-17-21(18(2)33-28-17)9-10-23(31)30-13-11-20(12-14-30)24-22(15-26-27-24)25(32)29(3)16-19-7-5-4-6-8-19/h4-8,15,20H,9-14,16H2,1-3H3,(H,26,27). The van der Waals surface area contributed by atoms with Gasteiger partial charge in [0, 0.05) is 44.6 Å². The number of aryl methyl sites for hydroxylation is 2. The van der Waals surface area contributed by atoms with Crippen LogP contribution in [0, 0.1) is 13.8 Å². The number of nitrogens with zero attached hydrogens (tertiary/aromatic N) is 4. The van der Waals surface area contributed by atoms with E-state index in [0.717, 1.165) is 41.1 Å². The maximum Gasteiger partial charge on any atom is 0.257 e. The van der Waals surface area contributed by atoms with Gasteiger partial charge < -0.3 is 14.3 Å². The van der Waals surface area contributed by atoms with Crippen LogP contribution in [0.4, 0.5) is 0 Å². The van der Waals surface area contributed by atoms with E-state index in [-0.39, 0.29) is 17.7 Å². The first-order valence-corrected chi connectivity index (χ1v) is 11.5. The second kappa shape index (κ2) is 10.0. The minimum Gasteiger partial charge on any atom is -0.361 e. The van der Waals surface area contributed by atoms with Gasteiger partial charge in [-0.2, -0.15) is 5.10 Å². The minimum atomic E-state index is -0.0411. The van der Waals surface area contributed by atoms with Crippen LogP contribution in [-0.2, 0) is 17.8 Å². The third kappa shape index (κ3) is 5.16. The molecule has 33 heavy (non-hydrogen) atoms. The summed E-state index contributed by atoms with van der Waals surface area (Å²) in [5.74, 6) is 1.08. The lowest BCUT2D eigenvalue weighted by Crippen LogP contribution is -2.38. The van der Waals surface area contributed by atoms with Crippen molar-refractivity contribution in [1.82, 2.24) is 25.2 Å². The smallest absolute Gasteiger partial charge is 0.257 e. The van der Waals surface area contributed by atoms with Crippen molar-refractivity contribution < 1.29 is 14.1 Å². The van der Waals surface area contributed by atoms with Gasteiger partial charge in [0.05, 0.1) is 23.1 Å². The van der Waals surface area contributed by atoms with Crippen molar-refractivity contribution in [2.45, 2.75) is 52.0 Å². The predicted molar refractivity (Wildman–Crippen MR) is 124 cm³/mol. The number of aromatic nitrogens is 3. The van der Waals surface area contributed by atoms with Crippen LogP contribution in [0.3, 0.4) is 0 Å². The summed E-state index contributed by atoms with van der Waals surface area (Å²) in [6, 6.07) is 9.94. The maximum absolute atomic E-state index is 13.1. The molecular weight excluding hydrogens is 418 g/mol. The van der Waals surface area contributed by atoms with E-state index in [1.165, 1.54) is 0 Å². The topological polar surface area (TPSA) is 95.3 Å². The summed E-state index contributed by atoms with van der Waals surface area (Å²) < 4.78 is 5.19. The molecule has 8 nitrogen and oxygen atoms in total. The molecule has 0 bridgehead atoms. The number of aromatic amines is 1. The number of carbonyl (C=O) groups is 2. The highest BCUT2D eigenvalue weighted by Gasteiger charge is 2.29. The monoisotopic (exact) mass is 449 g/mol. The third-order valence-electron chi connectivity index (χ3n) is 6.53. The summed E-state index contributed by atoms with van der Waals surface area (Å²) in [5.41, 5.74) is 4.47. The number of benzene rings is 1. The van der Waals surface area contributed by atoms with Gasteiger partial charge in [-0.1, -0.05) is 35.5 Å². The van der Waals surface area contributed by atoms with Gasteiger partial charge >= 0.3 is 0 Å². The fourth-order valence-electron chi connectivity index (χ4n) is 4.58. The number of nitrogens with one attached hydrogen (secondary N) is 1. The highest BCUT2D eigenvalue weighted by Crippen LogP contribution is 2.30. The molecule has 2 amide bonds. The lowest BCUT2D eigenvalue weighted by Gasteiger charge is -2.32. The molecule has 0 unspecified atom stereocenters. The Hall–Kier alpha value is -3.42. The van der Waals surface area contributed by atoms with Gasteiger partial charge in [-0.25, -0.2) is 0 Å². The largest absolute Gasteiger partial charge is 0.361 e. The van der Waals surface area contributed by atoms with Crippen molar-refractivity contribution in [3.8, 4) is 0 Å². The number of H-pyrrole nitrogens is 1. The Bertz CT molecular complexity index is 1080.